The van der Waals surface area contributed by atoms with E-state index in [9.17, 15) is 23.1 Å². The summed E-state index contributed by atoms with van der Waals surface area (Å²) in [6.45, 7) is 3.90. The Labute approximate surface area is 164 Å². The second kappa shape index (κ2) is 6.75. The third-order valence-corrected chi connectivity index (χ3v) is 5.29. The van der Waals surface area contributed by atoms with Crippen LogP contribution < -0.4 is 5.32 Å². The zero-order valence-corrected chi connectivity index (χ0v) is 15.8. The summed E-state index contributed by atoms with van der Waals surface area (Å²) in [5.74, 6) is -0.459. The molecule has 0 unspecified atom stereocenters. The van der Waals surface area contributed by atoms with E-state index >= 15 is 0 Å². The van der Waals surface area contributed by atoms with Crippen LogP contribution in [0.1, 0.15) is 35.7 Å². The van der Waals surface area contributed by atoms with Crippen molar-refractivity contribution in [3.8, 4) is 17.0 Å². The monoisotopic (exact) mass is 404 g/mol. The number of aromatic nitrogens is 3. The molecule has 1 fully saturated rings. The quantitative estimate of drug-likeness (QED) is 0.679. The van der Waals surface area contributed by atoms with E-state index < -0.39 is 17.5 Å². The Bertz CT molecular complexity index is 1090. The van der Waals surface area contributed by atoms with Crippen LogP contribution in [0.15, 0.2) is 24.3 Å². The zero-order chi connectivity index (χ0) is 20.9. The average molecular weight is 404 g/mol. The van der Waals surface area contributed by atoms with Crippen molar-refractivity contribution in [2.45, 2.75) is 38.9 Å². The summed E-state index contributed by atoms with van der Waals surface area (Å²) in [5, 5.41) is 18.4. The normalized spacial score (nSPS) is 17.6. The number of hydrogen-bond acceptors (Lipinski definition) is 4. The lowest BCUT2D eigenvalue weighted by atomic mass is 10.00. The number of aromatic hydroxyl groups is 1. The Hall–Kier alpha value is -3.10. The molecule has 1 aromatic carbocycles. The number of hydrogen-bond donors (Lipinski definition) is 2. The van der Waals surface area contributed by atoms with Gasteiger partial charge in [0.15, 0.2) is 5.65 Å². The summed E-state index contributed by atoms with van der Waals surface area (Å²) in [4.78, 5) is 15.9. The van der Waals surface area contributed by atoms with Gasteiger partial charge >= 0.3 is 6.18 Å². The van der Waals surface area contributed by atoms with Crippen LogP contribution in [0.3, 0.4) is 0 Å². The number of carbonyl (C=O) groups excluding carboxylic acids is 1. The Kier molecular flexibility index (Phi) is 4.48. The number of phenols is 1. The summed E-state index contributed by atoms with van der Waals surface area (Å²) in [5.41, 5.74) is 1.30. The van der Waals surface area contributed by atoms with Gasteiger partial charge in [-0.3, -0.25) is 9.48 Å². The minimum absolute atomic E-state index is 0.0179. The molecule has 29 heavy (non-hydrogen) atoms. The summed E-state index contributed by atoms with van der Waals surface area (Å²) in [6.07, 6.45) is -3.44. The van der Waals surface area contributed by atoms with Crippen LogP contribution in [0.5, 0.6) is 5.75 Å². The van der Waals surface area contributed by atoms with E-state index in [2.05, 4.69) is 15.4 Å². The summed E-state index contributed by atoms with van der Waals surface area (Å²) >= 11 is 0. The molecule has 3 aromatic rings. The van der Waals surface area contributed by atoms with Gasteiger partial charge in [0.1, 0.15) is 5.75 Å². The lowest BCUT2D eigenvalue weighted by molar-refractivity contribution is -0.137. The van der Waals surface area contributed by atoms with Crippen molar-refractivity contribution in [1.29, 1.82) is 0 Å². The molecule has 9 heteroatoms. The summed E-state index contributed by atoms with van der Waals surface area (Å²) in [7, 11) is 0. The predicted octanol–water partition coefficient (Wildman–Crippen LogP) is 3.89. The first-order valence-corrected chi connectivity index (χ1v) is 9.19. The molecule has 1 amide bonds. The van der Waals surface area contributed by atoms with E-state index in [1.54, 1.807) is 12.1 Å². The maximum atomic E-state index is 13.0. The van der Waals surface area contributed by atoms with E-state index in [4.69, 9.17) is 0 Å². The molecule has 0 bridgehead atoms. The molecule has 1 atom stereocenters. The number of fused-ring (bicyclic) bond motifs is 1. The number of carbonyl (C=O) groups is 1. The number of halogens is 3. The molecule has 2 aromatic heterocycles. The van der Waals surface area contributed by atoms with Gasteiger partial charge in [-0.05, 0) is 50.1 Å². The van der Waals surface area contributed by atoms with Gasteiger partial charge in [-0.25, -0.2) is 4.98 Å². The highest BCUT2D eigenvalue weighted by Crippen LogP contribution is 2.39. The maximum absolute atomic E-state index is 13.0. The number of phenolic OH excluding ortho intramolecular Hbond substituents is 1. The highest BCUT2D eigenvalue weighted by molar-refractivity contribution is 5.83. The fourth-order valence-electron chi connectivity index (χ4n) is 3.80. The third kappa shape index (κ3) is 3.41. The Morgan fingerprint density at radius 1 is 1.24 bits per heavy atom. The molecule has 1 aliphatic heterocycles. The Morgan fingerprint density at radius 3 is 2.62 bits per heavy atom. The molecular formula is C20H19F3N4O2. The number of alkyl halides is 3. The van der Waals surface area contributed by atoms with Gasteiger partial charge in [0, 0.05) is 29.6 Å². The minimum atomic E-state index is -4.54. The number of amides is 1. The van der Waals surface area contributed by atoms with Gasteiger partial charge in [-0.15, -0.1) is 0 Å². The third-order valence-electron chi connectivity index (χ3n) is 5.29. The first kappa shape index (κ1) is 19.2. The molecule has 152 valence electrons. The molecule has 3 heterocycles. The van der Waals surface area contributed by atoms with Crippen molar-refractivity contribution in [1.82, 2.24) is 20.1 Å². The number of pyridine rings is 1. The number of aryl methyl sites for hydroxylation is 2. The number of piperidine rings is 1. The van der Waals surface area contributed by atoms with Crippen LogP contribution in [0, 0.1) is 13.8 Å². The number of rotatable bonds is 2. The first-order valence-electron chi connectivity index (χ1n) is 9.19. The van der Waals surface area contributed by atoms with Gasteiger partial charge in [0.2, 0.25) is 5.91 Å². The number of nitrogens with zero attached hydrogens (tertiary/aromatic N) is 3. The fraction of sp³-hybridized carbons (Fsp3) is 0.350. The van der Waals surface area contributed by atoms with Crippen molar-refractivity contribution in [3.63, 3.8) is 0 Å². The molecule has 4 rings (SSSR count). The number of benzene rings is 1. The van der Waals surface area contributed by atoms with Crippen molar-refractivity contribution in [2.75, 3.05) is 6.54 Å². The molecule has 0 aliphatic carbocycles. The molecule has 0 radical (unpaired) electrons. The standard InChI is InChI=1S/C20H19F3N4O2/c1-10-7-12(20(21,22)23)8-16(28)18(10)15-5-4-14-11(2)27(26-19(14)25-15)13-3-6-17(29)24-9-13/h4-5,7-8,13,28H,3,6,9H2,1-2H3,(H,24,29)/t13-/m0/s1. The molecule has 1 saturated heterocycles. The lowest BCUT2D eigenvalue weighted by Gasteiger charge is -2.23. The largest absolute Gasteiger partial charge is 0.507 e. The SMILES string of the molecule is Cc1cc(C(F)(F)F)cc(O)c1-c1ccc2c(C)n([C@H]3CCC(=O)NC3)nc2n1. The van der Waals surface area contributed by atoms with Crippen molar-refractivity contribution >= 4 is 16.9 Å². The maximum Gasteiger partial charge on any atom is 0.416 e. The zero-order valence-electron chi connectivity index (χ0n) is 15.8. The molecule has 6 nitrogen and oxygen atoms in total. The van der Waals surface area contributed by atoms with Crippen LogP contribution >= 0.6 is 0 Å². The van der Waals surface area contributed by atoms with Gasteiger partial charge < -0.3 is 10.4 Å². The Morgan fingerprint density at radius 2 is 2.00 bits per heavy atom. The van der Waals surface area contributed by atoms with Crippen LogP contribution in [0.25, 0.3) is 22.3 Å². The topological polar surface area (TPSA) is 80.0 Å². The van der Waals surface area contributed by atoms with Crippen molar-refractivity contribution in [2.24, 2.45) is 0 Å². The summed E-state index contributed by atoms with van der Waals surface area (Å²) < 4.78 is 40.8. The predicted molar refractivity (Wildman–Crippen MR) is 100 cm³/mol. The van der Waals surface area contributed by atoms with Crippen LogP contribution in [0.4, 0.5) is 13.2 Å². The molecule has 1 aliphatic rings. The second-order valence-electron chi connectivity index (χ2n) is 7.28. The van der Waals surface area contributed by atoms with Gasteiger partial charge in [-0.1, -0.05) is 0 Å². The summed E-state index contributed by atoms with van der Waals surface area (Å²) in [6, 6.07) is 5.19. The lowest BCUT2D eigenvalue weighted by Crippen LogP contribution is -2.36. The highest BCUT2D eigenvalue weighted by atomic mass is 19.4. The van der Waals surface area contributed by atoms with Gasteiger partial charge in [0.25, 0.3) is 0 Å². The van der Waals surface area contributed by atoms with Gasteiger partial charge in [-0.2, -0.15) is 18.3 Å². The van der Waals surface area contributed by atoms with E-state index in [0.29, 0.717) is 36.8 Å². The smallest absolute Gasteiger partial charge is 0.416 e. The highest BCUT2D eigenvalue weighted by Gasteiger charge is 2.32. The van der Waals surface area contributed by atoms with E-state index in [1.165, 1.54) is 6.92 Å². The van der Waals surface area contributed by atoms with Crippen LogP contribution in [-0.4, -0.2) is 32.3 Å². The average Bonchev–Trinajstić information content (AvgIpc) is 2.97. The molecule has 0 spiro atoms. The van der Waals surface area contributed by atoms with Crippen LogP contribution in [-0.2, 0) is 11.0 Å². The van der Waals surface area contributed by atoms with Crippen molar-refractivity contribution < 1.29 is 23.1 Å². The molecule has 0 saturated carbocycles. The van der Waals surface area contributed by atoms with Gasteiger partial charge in [0.05, 0.1) is 17.3 Å². The fourth-order valence-corrected chi connectivity index (χ4v) is 3.80. The molecular weight excluding hydrogens is 385 g/mol. The van der Waals surface area contributed by atoms with E-state index in [-0.39, 0.29) is 23.1 Å². The second-order valence-corrected chi connectivity index (χ2v) is 7.28. The Balaban J connectivity index is 1.76. The van der Waals surface area contributed by atoms with E-state index in [0.717, 1.165) is 17.1 Å². The number of nitrogens with one attached hydrogen (secondary N) is 1. The minimum Gasteiger partial charge on any atom is -0.507 e. The van der Waals surface area contributed by atoms with Crippen LogP contribution in [0.2, 0.25) is 0 Å². The first-order chi connectivity index (χ1) is 13.6. The van der Waals surface area contributed by atoms with Crippen molar-refractivity contribution in [3.05, 3.63) is 41.1 Å². The molecule has 2 N–H and O–H groups in total. The van der Waals surface area contributed by atoms with E-state index in [1.807, 2.05) is 11.6 Å².